The van der Waals surface area contributed by atoms with E-state index in [1.54, 1.807) is 24.4 Å². The van der Waals surface area contributed by atoms with Crippen molar-refractivity contribution in [2.75, 3.05) is 11.4 Å². The van der Waals surface area contributed by atoms with Crippen LogP contribution in [-0.2, 0) is 23.6 Å². The monoisotopic (exact) mass is 638 g/mol. The fraction of sp³-hybridized carbons (Fsp3) is 0.452. The second-order valence-electron chi connectivity index (χ2n) is 11.3. The summed E-state index contributed by atoms with van der Waals surface area (Å²) >= 11 is 0. The van der Waals surface area contributed by atoms with Crippen LogP contribution in [0.3, 0.4) is 0 Å². The number of hydrogen-bond donors (Lipinski definition) is 1. The number of cyclic esters (lactones) is 1. The minimum absolute atomic E-state index is 0.0315. The molecule has 1 amide bonds. The fourth-order valence-electron chi connectivity index (χ4n) is 6.26. The Morgan fingerprint density at radius 3 is 2.27 bits per heavy atom. The van der Waals surface area contributed by atoms with Gasteiger partial charge >= 0.3 is 24.5 Å². The minimum atomic E-state index is -5.06. The van der Waals surface area contributed by atoms with E-state index in [4.69, 9.17) is 9.72 Å². The number of nitrogens with zero attached hydrogens (tertiary/aromatic N) is 4. The molecule has 1 aliphatic carbocycles. The number of ether oxygens (including phenoxy) is 1. The zero-order valence-corrected chi connectivity index (χ0v) is 24.5. The summed E-state index contributed by atoms with van der Waals surface area (Å²) < 4.78 is 87.8. The number of halogens is 6. The first kappa shape index (κ1) is 32.2. The summed E-state index contributed by atoms with van der Waals surface area (Å²) in [6, 6.07) is 5.27. The lowest BCUT2D eigenvalue weighted by Crippen LogP contribution is -2.39. The highest BCUT2D eigenvalue weighted by Crippen LogP contribution is 2.42. The quantitative estimate of drug-likeness (QED) is 0.262. The van der Waals surface area contributed by atoms with Crippen LogP contribution in [0.15, 0.2) is 48.8 Å². The van der Waals surface area contributed by atoms with Gasteiger partial charge in [0, 0.05) is 36.1 Å². The summed E-state index contributed by atoms with van der Waals surface area (Å²) in [6.45, 7) is 3.92. The molecule has 45 heavy (non-hydrogen) atoms. The first-order chi connectivity index (χ1) is 21.2. The molecule has 3 heterocycles. The van der Waals surface area contributed by atoms with Gasteiger partial charge in [-0.15, -0.1) is 0 Å². The van der Waals surface area contributed by atoms with Gasteiger partial charge in [0.15, 0.2) is 0 Å². The van der Waals surface area contributed by atoms with Crippen LogP contribution < -0.4 is 4.90 Å². The number of carbonyl (C=O) groups excluding carboxylic acids is 1. The van der Waals surface area contributed by atoms with Crippen LogP contribution in [0.25, 0.3) is 11.3 Å². The van der Waals surface area contributed by atoms with Crippen LogP contribution in [-0.4, -0.2) is 50.4 Å². The Kier molecular flexibility index (Phi) is 8.78. The topological polar surface area (TPSA) is 87.9 Å². The first-order valence-electron chi connectivity index (χ1n) is 14.6. The highest BCUT2D eigenvalue weighted by atomic mass is 19.4. The molecule has 5 rings (SSSR count). The molecule has 14 heteroatoms. The van der Waals surface area contributed by atoms with E-state index in [1.807, 2.05) is 6.92 Å². The maximum Gasteiger partial charge on any atom is 0.416 e. The molecule has 3 aromatic rings. The molecule has 2 atom stereocenters. The number of carboxylic acid groups (broad SMARTS) is 1. The number of anilines is 1. The van der Waals surface area contributed by atoms with Crippen molar-refractivity contribution >= 4 is 18.0 Å². The molecule has 1 aliphatic heterocycles. The van der Waals surface area contributed by atoms with E-state index >= 15 is 0 Å². The van der Waals surface area contributed by atoms with Gasteiger partial charge < -0.3 is 14.7 Å². The number of aromatic nitrogens is 2. The number of amides is 1. The van der Waals surface area contributed by atoms with Crippen LogP contribution in [0, 0.1) is 0 Å². The molecule has 8 nitrogen and oxygen atoms in total. The molecule has 0 bridgehead atoms. The molecule has 2 aromatic heterocycles. The van der Waals surface area contributed by atoms with E-state index in [9.17, 15) is 41.0 Å². The van der Waals surface area contributed by atoms with Crippen molar-refractivity contribution in [2.45, 2.75) is 83.0 Å². The predicted octanol–water partition coefficient (Wildman–Crippen LogP) is 8.35. The average Bonchev–Trinajstić information content (AvgIpc) is 3.59. The van der Waals surface area contributed by atoms with Gasteiger partial charge in [-0.1, -0.05) is 19.3 Å². The van der Waals surface area contributed by atoms with Crippen molar-refractivity contribution < 1.29 is 45.8 Å². The fourth-order valence-corrected chi connectivity index (χ4v) is 6.26. The second kappa shape index (κ2) is 12.3. The molecule has 1 aromatic carbocycles. The molecule has 1 N–H and O–H groups in total. The second-order valence-corrected chi connectivity index (χ2v) is 11.3. The van der Waals surface area contributed by atoms with Crippen LogP contribution in [0.4, 0.5) is 41.7 Å². The van der Waals surface area contributed by atoms with Crippen molar-refractivity contribution in [2.24, 2.45) is 0 Å². The molecular formula is C31H32F6N4O4. The highest BCUT2D eigenvalue weighted by Gasteiger charge is 2.43. The SMILES string of the molecule is CCN(c1ncc(-c2cccn2C(=O)O)cc1CN1C(=O)O[C@@H](c2cc(C(F)(F)F)cc(C(F)(F)F)c2)[C@@H]1C)C1CCCCC1. The Morgan fingerprint density at radius 1 is 1.04 bits per heavy atom. The molecule has 0 unspecified atom stereocenters. The average molecular weight is 639 g/mol. The third-order valence-electron chi connectivity index (χ3n) is 8.49. The largest absolute Gasteiger partial charge is 0.464 e. The molecule has 0 radical (unpaired) electrons. The van der Waals surface area contributed by atoms with Crippen molar-refractivity contribution in [3.05, 3.63) is 71.0 Å². The summed E-state index contributed by atoms with van der Waals surface area (Å²) in [5, 5.41) is 9.64. The molecule has 242 valence electrons. The van der Waals surface area contributed by atoms with Crippen molar-refractivity contribution in [1.29, 1.82) is 0 Å². The number of rotatable bonds is 7. The lowest BCUT2D eigenvalue weighted by molar-refractivity contribution is -0.143. The van der Waals surface area contributed by atoms with Gasteiger partial charge in [-0.2, -0.15) is 26.3 Å². The zero-order valence-electron chi connectivity index (χ0n) is 24.5. The number of carbonyl (C=O) groups is 2. The molecule has 0 spiro atoms. The normalized spacial score (nSPS) is 19.6. The summed E-state index contributed by atoms with van der Waals surface area (Å²) in [7, 11) is 0. The van der Waals surface area contributed by atoms with Gasteiger partial charge in [-0.3, -0.25) is 9.47 Å². The number of alkyl halides is 6. The third kappa shape index (κ3) is 6.59. The lowest BCUT2D eigenvalue weighted by atomic mass is 9.93. The number of hydrogen-bond acceptors (Lipinski definition) is 5. The number of benzene rings is 1. The van der Waals surface area contributed by atoms with Gasteiger partial charge in [-0.25, -0.2) is 14.6 Å². The maximum atomic E-state index is 13.6. The van der Waals surface area contributed by atoms with Crippen LogP contribution in [0.2, 0.25) is 0 Å². The summed E-state index contributed by atoms with van der Waals surface area (Å²) in [5.41, 5.74) is -2.11. The van der Waals surface area contributed by atoms with Gasteiger partial charge in [0.25, 0.3) is 0 Å². The molecule has 1 saturated heterocycles. The van der Waals surface area contributed by atoms with Crippen molar-refractivity contribution in [1.82, 2.24) is 14.5 Å². The smallest absolute Gasteiger partial charge is 0.416 e. The summed E-state index contributed by atoms with van der Waals surface area (Å²) in [5.74, 6) is 0.559. The van der Waals surface area contributed by atoms with Crippen LogP contribution in [0.1, 0.15) is 74.3 Å². The Morgan fingerprint density at radius 2 is 1.69 bits per heavy atom. The van der Waals surface area contributed by atoms with E-state index in [1.165, 1.54) is 18.0 Å². The lowest BCUT2D eigenvalue weighted by Gasteiger charge is -2.36. The highest BCUT2D eigenvalue weighted by molar-refractivity contribution is 5.78. The van der Waals surface area contributed by atoms with E-state index in [2.05, 4.69) is 4.90 Å². The molecule has 2 fully saturated rings. The third-order valence-corrected chi connectivity index (χ3v) is 8.49. The van der Waals surface area contributed by atoms with E-state index < -0.39 is 53.4 Å². The van der Waals surface area contributed by atoms with Crippen LogP contribution in [0.5, 0.6) is 0 Å². The summed E-state index contributed by atoms with van der Waals surface area (Å²) in [6.07, 6.45) is -5.67. The Hall–Kier alpha value is -4.23. The Bertz CT molecular complexity index is 1530. The molecule has 1 saturated carbocycles. The van der Waals surface area contributed by atoms with Crippen molar-refractivity contribution in [3.63, 3.8) is 0 Å². The Labute approximate surface area is 255 Å². The molecular weight excluding hydrogens is 606 g/mol. The maximum absolute atomic E-state index is 13.6. The number of pyridine rings is 1. The predicted molar refractivity (Wildman–Crippen MR) is 152 cm³/mol. The zero-order chi connectivity index (χ0) is 32.7. The standard InChI is InChI=1S/C31H32F6N4O4/c1-3-39(24-8-5-4-6-9-24)27-21(12-20(16-38-27)25-10-7-11-40(25)28(42)43)17-41-18(2)26(45-29(41)44)19-13-22(30(32,33)34)15-23(14-19)31(35,36)37/h7,10-16,18,24,26H,3-6,8-9,17H2,1-2H3,(H,42,43)/t18-,26+/m0/s1. The Balaban J connectivity index is 1.54. The van der Waals surface area contributed by atoms with E-state index in [-0.39, 0.29) is 18.7 Å². The van der Waals surface area contributed by atoms with E-state index in [0.717, 1.165) is 36.7 Å². The van der Waals surface area contributed by atoms with Gasteiger partial charge in [-0.05, 0) is 68.7 Å². The van der Waals surface area contributed by atoms with Crippen LogP contribution >= 0.6 is 0 Å². The molecule has 2 aliphatic rings. The minimum Gasteiger partial charge on any atom is -0.464 e. The van der Waals surface area contributed by atoms with Crippen molar-refractivity contribution in [3.8, 4) is 11.3 Å². The van der Waals surface area contributed by atoms with Gasteiger partial charge in [0.2, 0.25) is 0 Å². The van der Waals surface area contributed by atoms with Gasteiger partial charge in [0.05, 0.1) is 29.4 Å². The van der Waals surface area contributed by atoms with E-state index in [0.29, 0.717) is 41.3 Å². The van der Waals surface area contributed by atoms with Gasteiger partial charge in [0.1, 0.15) is 11.9 Å². The first-order valence-corrected chi connectivity index (χ1v) is 14.6. The summed E-state index contributed by atoms with van der Waals surface area (Å²) in [4.78, 5) is 33.1.